The van der Waals surface area contributed by atoms with Crippen LogP contribution in [0.25, 0.3) is 11.3 Å². The van der Waals surface area contributed by atoms with Crippen LogP contribution in [-0.4, -0.2) is 35.3 Å². The summed E-state index contributed by atoms with van der Waals surface area (Å²) < 4.78 is 40.3. The molecular weight excluding hydrogens is 406 g/mol. The van der Waals surface area contributed by atoms with Crippen molar-refractivity contribution < 1.29 is 23.0 Å². The summed E-state index contributed by atoms with van der Waals surface area (Å²) in [6, 6.07) is 3.03. The molecule has 2 aliphatic rings. The number of H-pyrrole nitrogens is 1. The Bertz CT molecular complexity index is 1190. The van der Waals surface area contributed by atoms with Gasteiger partial charge in [0.25, 0.3) is 0 Å². The van der Waals surface area contributed by atoms with Crippen LogP contribution < -0.4 is 14.4 Å². The van der Waals surface area contributed by atoms with E-state index < -0.39 is 22.7 Å². The molecule has 0 saturated heterocycles. The predicted molar refractivity (Wildman–Crippen MR) is 108 cm³/mol. The minimum atomic E-state index is -0.938. The first-order valence-electron chi connectivity index (χ1n) is 9.83. The molecule has 0 atom stereocenters. The summed E-state index contributed by atoms with van der Waals surface area (Å²) in [5.41, 5.74) is 2.76. The van der Waals surface area contributed by atoms with Gasteiger partial charge in [-0.3, -0.25) is 14.9 Å². The van der Waals surface area contributed by atoms with Gasteiger partial charge in [0.2, 0.25) is 5.91 Å². The van der Waals surface area contributed by atoms with Crippen LogP contribution in [-0.2, 0) is 16.8 Å². The molecule has 3 aromatic rings. The van der Waals surface area contributed by atoms with Gasteiger partial charge in [-0.2, -0.15) is 5.10 Å². The summed E-state index contributed by atoms with van der Waals surface area (Å²) in [6.45, 7) is 1.89. The SMILES string of the molecule is COc1cc(OC)c(F)c(N2Cc3cnc(-c4cn[nH]c4C)cc3C3(CC3)C2=O)c1F. The molecule has 1 N–H and O–H groups in total. The van der Waals surface area contributed by atoms with E-state index in [9.17, 15) is 4.79 Å². The molecule has 160 valence electrons. The van der Waals surface area contributed by atoms with Crippen molar-refractivity contribution in [2.24, 2.45) is 0 Å². The summed E-state index contributed by atoms with van der Waals surface area (Å²) in [5, 5.41) is 6.92. The third-order valence-corrected chi connectivity index (χ3v) is 6.16. The van der Waals surface area contributed by atoms with Crippen LogP contribution in [0.2, 0.25) is 0 Å². The van der Waals surface area contributed by atoms with E-state index in [0.29, 0.717) is 18.5 Å². The number of amides is 1. The highest BCUT2D eigenvalue weighted by Gasteiger charge is 2.57. The van der Waals surface area contributed by atoms with Gasteiger partial charge in [-0.1, -0.05) is 0 Å². The molecule has 7 nitrogen and oxygen atoms in total. The van der Waals surface area contributed by atoms with Gasteiger partial charge >= 0.3 is 0 Å². The van der Waals surface area contributed by atoms with Crippen LogP contribution in [0.3, 0.4) is 0 Å². The second-order valence-electron chi connectivity index (χ2n) is 7.87. The molecule has 9 heteroatoms. The number of carbonyl (C=O) groups excluding carboxylic acids is 1. The number of anilines is 1. The third kappa shape index (κ3) is 2.72. The molecular formula is C22H20F2N4O3. The van der Waals surface area contributed by atoms with Crippen LogP contribution in [0.4, 0.5) is 14.5 Å². The largest absolute Gasteiger partial charge is 0.493 e. The zero-order valence-corrected chi connectivity index (χ0v) is 17.3. The number of pyridine rings is 1. The lowest BCUT2D eigenvalue weighted by Crippen LogP contribution is -2.45. The van der Waals surface area contributed by atoms with Crippen molar-refractivity contribution in [2.75, 3.05) is 19.1 Å². The van der Waals surface area contributed by atoms with E-state index in [-0.39, 0.29) is 24.0 Å². The first-order chi connectivity index (χ1) is 14.9. The highest BCUT2D eigenvalue weighted by Crippen LogP contribution is 2.55. The minimum Gasteiger partial charge on any atom is -0.493 e. The maximum absolute atomic E-state index is 15.1. The molecule has 5 rings (SSSR count). The third-order valence-electron chi connectivity index (χ3n) is 6.16. The van der Waals surface area contributed by atoms with Gasteiger partial charge in [0.15, 0.2) is 23.1 Å². The van der Waals surface area contributed by atoms with Gasteiger partial charge in [-0.15, -0.1) is 0 Å². The quantitative estimate of drug-likeness (QED) is 0.689. The Balaban J connectivity index is 1.64. The smallest absolute Gasteiger partial charge is 0.238 e. The zero-order valence-electron chi connectivity index (χ0n) is 17.3. The second-order valence-corrected chi connectivity index (χ2v) is 7.87. The van der Waals surface area contributed by atoms with E-state index >= 15 is 8.78 Å². The Kier molecular flexibility index (Phi) is 4.25. The summed E-state index contributed by atoms with van der Waals surface area (Å²) in [6.07, 6.45) is 4.57. The maximum Gasteiger partial charge on any atom is 0.238 e. The lowest BCUT2D eigenvalue weighted by molar-refractivity contribution is -0.121. The number of benzene rings is 1. The summed E-state index contributed by atoms with van der Waals surface area (Å²) in [7, 11) is 2.55. The second kappa shape index (κ2) is 6.76. The molecule has 1 aliphatic carbocycles. The van der Waals surface area contributed by atoms with Gasteiger partial charge in [-0.05, 0) is 37.0 Å². The van der Waals surface area contributed by atoms with Crippen molar-refractivity contribution in [1.29, 1.82) is 0 Å². The van der Waals surface area contributed by atoms with Crippen LogP contribution in [0.1, 0.15) is 29.7 Å². The number of rotatable bonds is 4. The van der Waals surface area contributed by atoms with E-state index in [4.69, 9.17) is 9.47 Å². The van der Waals surface area contributed by atoms with Crippen molar-refractivity contribution in [3.63, 3.8) is 0 Å². The molecule has 1 spiro atoms. The molecule has 1 saturated carbocycles. The molecule has 1 aromatic carbocycles. The highest BCUT2D eigenvalue weighted by atomic mass is 19.1. The number of aryl methyl sites for hydroxylation is 1. The van der Waals surface area contributed by atoms with Crippen molar-refractivity contribution in [3.8, 4) is 22.8 Å². The molecule has 1 amide bonds. The van der Waals surface area contributed by atoms with Crippen LogP contribution >= 0.6 is 0 Å². The minimum absolute atomic E-state index is 0.00225. The van der Waals surface area contributed by atoms with Crippen molar-refractivity contribution in [3.05, 3.63) is 53.0 Å². The van der Waals surface area contributed by atoms with E-state index in [1.165, 1.54) is 14.2 Å². The van der Waals surface area contributed by atoms with Crippen molar-refractivity contribution in [2.45, 2.75) is 31.7 Å². The van der Waals surface area contributed by atoms with E-state index in [1.807, 2.05) is 13.0 Å². The standard InChI is InChI=1S/C22H20F2N4O3/c1-11-13(9-26-27-11)15-6-14-12(8-25-15)10-28(21(29)22(14)4-5-22)20-18(23)16(30-2)7-17(31-3)19(20)24/h6-9H,4-5,10H2,1-3H3,(H,26,27). The number of fused-ring (bicyclic) bond motifs is 2. The Labute approximate surface area is 177 Å². The number of aromatic amines is 1. The van der Waals surface area contributed by atoms with Crippen molar-refractivity contribution in [1.82, 2.24) is 15.2 Å². The number of carbonyl (C=O) groups is 1. The first kappa shape index (κ1) is 19.5. The molecule has 31 heavy (non-hydrogen) atoms. The first-order valence-corrected chi connectivity index (χ1v) is 9.83. The van der Waals surface area contributed by atoms with Gasteiger partial charge in [0, 0.05) is 23.5 Å². The topological polar surface area (TPSA) is 80.3 Å². The van der Waals surface area contributed by atoms with Crippen LogP contribution in [0.5, 0.6) is 11.5 Å². The lowest BCUT2D eigenvalue weighted by Gasteiger charge is -2.35. The molecule has 2 aromatic heterocycles. The molecule has 3 heterocycles. The normalized spacial score (nSPS) is 16.4. The number of nitrogens with zero attached hydrogens (tertiary/aromatic N) is 3. The van der Waals surface area contributed by atoms with E-state index in [2.05, 4.69) is 15.2 Å². The monoisotopic (exact) mass is 426 g/mol. The fourth-order valence-electron chi connectivity index (χ4n) is 4.33. The Hall–Kier alpha value is -3.49. The van der Waals surface area contributed by atoms with Gasteiger partial charge in [-0.25, -0.2) is 8.78 Å². The molecule has 1 fully saturated rings. The predicted octanol–water partition coefficient (Wildman–Crippen LogP) is 3.65. The fraction of sp³-hybridized carbons (Fsp3) is 0.318. The molecule has 0 radical (unpaired) electrons. The molecule has 0 bridgehead atoms. The Morgan fingerprint density at radius 3 is 2.32 bits per heavy atom. The van der Waals surface area contributed by atoms with Gasteiger partial charge in [0.05, 0.1) is 38.1 Å². The van der Waals surface area contributed by atoms with Crippen LogP contribution in [0.15, 0.2) is 24.5 Å². The number of hydrogen-bond acceptors (Lipinski definition) is 5. The number of hydrogen-bond donors (Lipinski definition) is 1. The van der Waals surface area contributed by atoms with Gasteiger partial charge < -0.3 is 14.4 Å². The average Bonchev–Trinajstić information content (AvgIpc) is 3.46. The summed E-state index contributed by atoms with van der Waals surface area (Å²) in [5.74, 6) is -2.60. The number of methoxy groups -OCH3 is 2. The Morgan fingerprint density at radius 1 is 1.10 bits per heavy atom. The van der Waals surface area contributed by atoms with E-state index in [0.717, 1.165) is 33.4 Å². The fourth-order valence-corrected chi connectivity index (χ4v) is 4.33. The number of ether oxygens (including phenoxy) is 2. The average molecular weight is 426 g/mol. The van der Waals surface area contributed by atoms with E-state index in [1.54, 1.807) is 12.4 Å². The maximum atomic E-state index is 15.1. The highest BCUT2D eigenvalue weighted by molar-refractivity contribution is 6.05. The zero-order chi connectivity index (χ0) is 21.9. The number of aromatic nitrogens is 3. The van der Waals surface area contributed by atoms with Crippen molar-refractivity contribution >= 4 is 11.6 Å². The lowest BCUT2D eigenvalue weighted by atomic mass is 9.86. The Morgan fingerprint density at radius 2 is 1.77 bits per heavy atom. The summed E-state index contributed by atoms with van der Waals surface area (Å²) in [4.78, 5) is 19.2. The molecule has 0 unspecified atom stereocenters. The number of halogens is 2. The van der Waals surface area contributed by atoms with Gasteiger partial charge in [0.1, 0.15) is 5.69 Å². The number of nitrogens with one attached hydrogen (secondary N) is 1. The van der Waals surface area contributed by atoms with Crippen LogP contribution in [0, 0.1) is 18.6 Å². The summed E-state index contributed by atoms with van der Waals surface area (Å²) >= 11 is 0. The molecule has 1 aliphatic heterocycles.